The first-order valence-corrected chi connectivity index (χ1v) is 12.9. The summed E-state index contributed by atoms with van der Waals surface area (Å²) in [6.45, 7) is 9.18. The molecule has 2 amide bonds. The Morgan fingerprint density at radius 1 is 0.857 bits per heavy atom. The number of hydrogen-bond acceptors (Lipinski definition) is 2. The van der Waals surface area contributed by atoms with Crippen LogP contribution in [0.5, 0.6) is 0 Å². The highest BCUT2D eigenvalue weighted by Crippen LogP contribution is 2.20. The molecule has 35 heavy (non-hydrogen) atoms. The lowest BCUT2D eigenvalue weighted by atomic mass is 10.00. The first kappa shape index (κ1) is 26.7. The van der Waals surface area contributed by atoms with Crippen molar-refractivity contribution < 1.29 is 9.59 Å². The minimum Gasteiger partial charge on any atom is -0.354 e. The summed E-state index contributed by atoms with van der Waals surface area (Å²) in [5.41, 5.74) is 5.31. The lowest BCUT2D eigenvalue weighted by molar-refractivity contribution is -0.140. The fraction of sp³-hybridized carbons (Fsp3) is 0.333. The molecule has 0 radical (unpaired) electrons. The van der Waals surface area contributed by atoms with E-state index in [9.17, 15) is 9.59 Å². The molecule has 5 heteroatoms. The smallest absolute Gasteiger partial charge is 0.243 e. The van der Waals surface area contributed by atoms with Gasteiger partial charge < -0.3 is 10.2 Å². The van der Waals surface area contributed by atoms with Gasteiger partial charge in [-0.1, -0.05) is 90.4 Å². The van der Waals surface area contributed by atoms with E-state index in [1.807, 2.05) is 66.7 Å². The van der Waals surface area contributed by atoms with Crippen LogP contribution in [-0.2, 0) is 29.0 Å². The zero-order chi connectivity index (χ0) is 25.4. The molecular weight excluding hydrogens is 500 g/mol. The van der Waals surface area contributed by atoms with Crippen molar-refractivity contribution in [2.75, 3.05) is 6.54 Å². The zero-order valence-electron chi connectivity index (χ0n) is 21.1. The summed E-state index contributed by atoms with van der Waals surface area (Å²) in [6, 6.07) is 23.3. The Labute approximate surface area is 217 Å². The van der Waals surface area contributed by atoms with Crippen molar-refractivity contribution in [3.05, 3.63) is 105 Å². The number of nitrogens with zero attached hydrogens (tertiary/aromatic N) is 1. The molecule has 0 aliphatic carbocycles. The van der Waals surface area contributed by atoms with Crippen LogP contribution in [-0.4, -0.2) is 29.3 Å². The Morgan fingerprint density at radius 3 is 2.23 bits per heavy atom. The van der Waals surface area contributed by atoms with Crippen LogP contribution in [0.2, 0.25) is 0 Å². The van der Waals surface area contributed by atoms with Gasteiger partial charge in [0.2, 0.25) is 11.8 Å². The van der Waals surface area contributed by atoms with Gasteiger partial charge in [0.25, 0.3) is 0 Å². The molecule has 1 unspecified atom stereocenters. The molecule has 0 bridgehead atoms. The van der Waals surface area contributed by atoms with Gasteiger partial charge in [-0.05, 0) is 59.7 Å². The molecule has 0 heterocycles. The molecule has 184 valence electrons. The highest BCUT2D eigenvalue weighted by atomic mass is 79.9. The highest BCUT2D eigenvalue weighted by molar-refractivity contribution is 9.10. The molecule has 0 saturated carbocycles. The Kier molecular flexibility index (Phi) is 9.67. The van der Waals surface area contributed by atoms with Gasteiger partial charge in [-0.2, -0.15) is 0 Å². The fourth-order valence-corrected chi connectivity index (χ4v) is 4.44. The number of carbonyl (C=O) groups excluding carboxylic acids is 2. The van der Waals surface area contributed by atoms with Crippen LogP contribution in [0.15, 0.2) is 77.3 Å². The van der Waals surface area contributed by atoms with E-state index >= 15 is 0 Å². The number of hydrogen-bond donors (Lipinski definition) is 1. The van der Waals surface area contributed by atoms with Gasteiger partial charge in [0, 0.05) is 24.0 Å². The molecule has 0 aromatic heterocycles. The lowest BCUT2D eigenvalue weighted by Gasteiger charge is -2.32. The standard InChI is InChI=1S/C30H35BrN2O2/c1-21(2)19-32-30(35)28(17-24-9-6-5-7-10-24)33(20-26-11-8-12-27(31)16-26)29(34)18-25-14-13-22(3)23(4)15-25/h5-16,21,28H,17-20H2,1-4H3,(H,32,35). The maximum absolute atomic E-state index is 13.8. The summed E-state index contributed by atoms with van der Waals surface area (Å²) in [5, 5.41) is 3.07. The summed E-state index contributed by atoms with van der Waals surface area (Å²) in [7, 11) is 0. The zero-order valence-corrected chi connectivity index (χ0v) is 22.6. The Morgan fingerprint density at radius 2 is 1.57 bits per heavy atom. The summed E-state index contributed by atoms with van der Waals surface area (Å²) < 4.78 is 0.945. The van der Waals surface area contributed by atoms with E-state index in [0.29, 0.717) is 25.4 Å². The molecule has 3 rings (SSSR count). The van der Waals surface area contributed by atoms with Gasteiger partial charge in [-0.15, -0.1) is 0 Å². The SMILES string of the molecule is Cc1ccc(CC(=O)N(Cc2cccc(Br)c2)C(Cc2ccccc2)C(=O)NCC(C)C)cc1C. The van der Waals surface area contributed by atoms with Gasteiger partial charge in [-0.25, -0.2) is 0 Å². The highest BCUT2D eigenvalue weighted by Gasteiger charge is 2.30. The number of halogens is 1. The summed E-state index contributed by atoms with van der Waals surface area (Å²) in [4.78, 5) is 29.0. The van der Waals surface area contributed by atoms with E-state index in [0.717, 1.165) is 26.7 Å². The minimum absolute atomic E-state index is 0.0612. The Balaban J connectivity index is 1.96. The second-order valence-corrected chi connectivity index (χ2v) is 10.5. The predicted octanol–water partition coefficient (Wildman–Crippen LogP) is 6.02. The van der Waals surface area contributed by atoms with Crippen LogP contribution < -0.4 is 5.32 Å². The van der Waals surface area contributed by atoms with Crippen molar-refractivity contribution >= 4 is 27.7 Å². The Hall–Kier alpha value is -2.92. The summed E-state index contributed by atoms with van der Waals surface area (Å²) in [5.74, 6) is 0.140. The van der Waals surface area contributed by atoms with Crippen LogP contribution in [0.3, 0.4) is 0 Å². The molecule has 0 saturated heterocycles. The van der Waals surface area contributed by atoms with Gasteiger partial charge in [0.1, 0.15) is 6.04 Å². The summed E-state index contributed by atoms with van der Waals surface area (Å²) in [6.07, 6.45) is 0.704. The van der Waals surface area contributed by atoms with Crippen molar-refractivity contribution in [3.8, 4) is 0 Å². The van der Waals surface area contributed by atoms with Crippen molar-refractivity contribution in [2.45, 2.75) is 53.1 Å². The van der Waals surface area contributed by atoms with E-state index < -0.39 is 6.04 Å². The van der Waals surface area contributed by atoms with Crippen LogP contribution in [0.25, 0.3) is 0 Å². The first-order chi connectivity index (χ1) is 16.7. The van der Waals surface area contributed by atoms with Crippen molar-refractivity contribution in [3.63, 3.8) is 0 Å². The lowest BCUT2D eigenvalue weighted by Crippen LogP contribution is -2.51. The number of carbonyl (C=O) groups is 2. The average molecular weight is 536 g/mol. The molecule has 1 atom stereocenters. The van der Waals surface area contributed by atoms with E-state index in [4.69, 9.17) is 0 Å². The quantitative estimate of drug-likeness (QED) is 0.345. The van der Waals surface area contributed by atoms with E-state index in [-0.39, 0.29) is 18.2 Å². The minimum atomic E-state index is -0.617. The molecule has 0 aliphatic rings. The molecule has 1 N–H and O–H groups in total. The molecular formula is C30H35BrN2O2. The van der Waals surface area contributed by atoms with E-state index in [1.165, 1.54) is 5.56 Å². The van der Waals surface area contributed by atoms with E-state index in [1.54, 1.807) is 4.90 Å². The van der Waals surface area contributed by atoms with Gasteiger partial charge in [-0.3, -0.25) is 9.59 Å². The van der Waals surface area contributed by atoms with Crippen LogP contribution in [0.4, 0.5) is 0 Å². The second-order valence-electron chi connectivity index (χ2n) is 9.59. The number of amides is 2. The normalized spacial score (nSPS) is 11.8. The number of nitrogens with one attached hydrogen (secondary N) is 1. The maximum Gasteiger partial charge on any atom is 0.243 e. The number of benzene rings is 3. The monoisotopic (exact) mass is 534 g/mol. The van der Waals surface area contributed by atoms with Gasteiger partial charge in [0.15, 0.2) is 0 Å². The van der Waals surface area contributed by atoms with Crippen molar-refractivity contribution in [2.24, 2.45) is 5.92 Å². The second kappa shape index (κ2) is 12.7. The predicted molar refractivity (Wildman–Crippen MR) is 146 cm³/mol. The molecule has 0 spiro atoms. The van der Waals surface area contributed by atoms with E-state index in [2.05, 4.69) is 55.0 Å². The number of rotatable bonds is 10. The molecule has 3 aromatic rings. The van der Waals surface area contributed by atoms with Crippen molar-refractivity contribution in [1.29, 1.82) is 0 Å². The third-order valence-electron chi connectivity index (χ3n) is 6.12. The molecule has 4 nitrogen and oxygen atoms in total. The topological polar surface area (TPSA) is 49.4 Å². The Bertz CT molecular complexity index is 1140. The summed E-state index contributed by atoms with van der Waals surface area (Å²) >= 11 is 3.54. The third-order valence-corrected chi connectivity index (χ3v) is 6.62. The van der Waals surface area contributed by atoms with Crippen LogP contribution in [0, 0.1) is 19.8 Å². The van der Waals surface area contributed by atoms with Crippen LogP contribution >= 0.6 is 15.9 Å². The first-order valence-electron chi connectivity index (χ1n) is 12.1. The molecule has 0 fully saturated rings. The van der Waals surface area contributed by atoms with Gasteiger partial charge in [0.05, 0.1) is 6.42 Å². The van der Waals surface area contributed by atoms with Gasteiger partial charge >= 0.3 is 0 Å². The molecule has 0 aliphatic heterocycles. The van der Waals surface area contributed by atoms with Crippen LogP contribution in [0.1, 0.15) is 41.7 Å². The van der Waals surface area contributed by atoms with Crippen molar-refractivity contribution in [1.82, 2.24) is 10.2 Å². The third kappa shape index (κ3) is 8.07. The molecule has 3 aromatic carbocycles. The fourth-order valence-electron chi connectivity index (χ4n) is 4.00. The largest absolute Gasteiger partial charge is 0.354 e. The average Bonchev–Trinajstić information content (AvgIpc) is 2.82. The maximum atomic E-state index is 13.8. The number of aryl methyl sites for hydroxylation is 2.